The molecule has 2 aliphatic rings. The molecule has 2 N–H and O–H groups in total. The first kappa shape index (κ1) is 13.3. The molecule has 4 rings (SSSR count). The Bertz CT molecular complexity index is 729. The van der Waals surface area contributed by atoms with Gasteiger partial charge in [-0.2, -0.15) is 0 Å². The van der Waals surface area contributed by atoms with Crippen LogP contribution in [0.1, 0.15) is 30.4 Å². The molecule has 1 fully saturated rings. The highest BCUT2D eigenvalue weighted by Crippen LogP contribution is 2.40. The first-order valence-electron chi connectivity index (χ1n) is 7.85. The van der Waals surface area contributed by atoms with Crippen LogP contribution in [0.5, 0.6) is 0 Å². The molecule has 3 heteroatoms. The minimum absolute atomic E-state index is 0.490. The van der Waals surface area contributed by atoms with Crippen LogP contribution in [-0.4, -0.2) is 16.7 Å². The number of hydrogen-bond acceptors (Lipinski definition) is 3. The van der Waals surface area contributed by atoms with E-state index in [1.54, 1.807) is 0 Å². The highest BCUT2D eigenvalue weighted by molar-refractivity contribution is 6.15. The van der Waals surface area contributed by atoms with E-state index in [9.17, 15) is 0 Å². The summed E-state index contributed by atoms with van der Waals surface area (Å²) in [6.45, 7) is 0. The zero-order valence-corrected chi connectivity index (χ0v) is 12.4. The normalized spacial score (nSPS) is 25.3. The summed E-state index contributed by atoms with van der Waals surface area (Å²) >= 11 is 0. The third-order valence-corrected chi connectivity index (χ3v) is 4.62. The standard InChI is InChI=1S/C19H19N3/c20-16-6-3-13(4-7-16)10-18-14-5-8-17(11-14)22-19(18)15-2-1-9-21-12-15/h1-4,6-7,9-10,12,14,17H,5,8,11,20H2. The monoisotopic (exact) mass is 289 g/mol. The predicted octanol–water partition coefficient (Wildman–Crippen LogP) is 3.72. The lowest BCUT2D eigenvalue weighted by atomic mass is 9.87. The smallest absolute Gasteiger partial charge is 0.0700 e. The van der Waals surface area contributed by atoms with Crippen LogP contribution in [0.25, 0.3) is 6.08 Å². The van der Waals surface area contributed by atoms with Crippen LogP contribution in [0.2, 0.25) is 0 Å². The number of nitrogens with two attached hydrogens (primary N) is 1. The van der Waals surface area contributed by atoms with Gasteiger partial charge < -0.3 is 5.73 Å². The van der Waals surface area contributed by atoms with Gasteiger partial charge in [0.05, 0.1) is 11.8 Å². The fraction of sp³-hybridized carbons (Fsp3) is 0.263. The van der Waals surface area contributed by atoms with E-state index >= 15 is 0 Å². The zero-order valence-electron chi connectivity index (χ0n) is 12.4. The molecule has 22 heavy (non-hydrogen) atoms. The Morgan fingerprint density at radius 1 is 1.09 bits per heavy atom. The molecule has 1 aliphatic carbocycles. The van der Waals surface area contributed by atoms with Crippen molar-refractivity contribution in [2.75, 3.05) is 5.73 Å². The molecule has 2 unspecified atom stereocenters. The van der Waals surface area contributed by atoms with Crippen LogP contribution in [-0.2, 0) is 0 Å². The third kappa shape index (κ3) is 2.43. The fourth-order valence-corrected chi connectivity index (χ4v) is 3.51. The van der Waals surface area contributed by atoms with Crippen molar-refractivity contribution in [1.82, 2.24) is 4.98 Å². The van der Waals surface area contributed by atoms with Gasteiger partial charge in [0.1, 0.15) is 0 Å². The van der Waals surface area contributed by atoms with Gasteiger partial charge in [-0.15, -0.1) is 0 Å². The summed E-state index contributed by atoms with van der Waals surface area (Å²) in [5, 5.41) is 0. The molecule has 2 bridgehead atoms. The Morgan fingerprint density at radius 2 is 1.95 bits per heavy atom. The number of aromatic nitrogens is 1. The fourth-order valence-electron chi connectivity index (χ4n) is 3.51. The SMILES string of the molecule is Nc1ccc(C=C2C(c3cccnc3)=NC3CCC2C3)cc1. The number of nitrogen functional groups attached to an aromatic ring is 1. The molecule has 0 spiro atoms. The first-order chi connectivity index (χ1) is 10.8. The molecule has 2 heterocycles. The number of anilines is 1. The van der Waals surface area contributed by atoms with Crippen molar-refractivity contribution >= 4 is 17.5 Å². The number of allylic oxidation sites excluding steroid dienone is 1. The number of hydrogen-bond donors (Lipinski definition) is 1. The molecule has 0 amide bonds. The predicted molar refractivity (Wildman–Crippen MR) is 90.7 cm³/mol. The Hall–Kier alpha value is -2.42. The highest BCUT2D eigenvalue weighted by Gasteiger charge is 2.34. The number of nitrogens with zero attached hydrogens (tertiary/aromatic N) is 2. The molecule has 0 radical (unpaired) electrons. The van der Waals surface area contributed by atoms with Crippen molar-refractivity contribution in [3.63, 3.8) is 0 Å². The van der Waals surface area contributed by atoms with Crippen molar-refractivity contribution < 1.29 is 0 Å². The van der Waals surface area contributed by atoms with Gasteiger partial charge in [-0.1, -0.05) is 12.1 Å². The molecule has 1 saturated carbocycles. The molecule has 0 saturated heterocycles. The number of benzene rings is 1. The average molecular weight is 289 g/mol. The van der Waals surface area contributed by atoms with Crippen LogP contribution in [0.3, 0.4) is 0 Å². The largest absolute Gasteiger partial charge is 0.399 e. The maximum Gasteiger partial charge on any atom is 0.0700 e. The Morgan fingerprint density at radius 3 is 2.73 bits per heavy atom. The Labute approximate surface area is 130 Å². The third-order valence-electron chi connectivity index (χ3n) is 4.62. The molecular formula is C19H19N3. The maximum atomic E-state index is 5.79. The summed E-state index contributed by atoms with van der Waals surface area (Å²) < 4.78 is 0. The molecule has 1 aromatic heterocycles. The zero-order chi connectivity index (χ0) is 14.9. The van der Waals surface area contributed by atoms with Crippen molar-refractivity contribution in [3.05, 3.63) is 65.5 Å². The van der Waals surface area contributed by atoms with E-state index in [1.165, 1.54) is 30.4 Å². The van der Waals surface area contributed by atoms with Crippen LogP contribution in [0, 0.1) is 5.92 Å². The Kier molecular flexibility index (Phi) is 3.26. The number of aliphatic imine (C=N–C) groups is 1. The van der Waals surface area contributed by atoms with E-state index in [4.69, 9.17) is 10.7 Å². The van der Waals surface area contributed by atoms with E-state index in [-0.39, 0.29) is 0 Å². The van der Waals surface area contributed by atoms with E-state index in [2.05, 4.69) is 29.3 Å². The summed E-state index contributed by atoms with van der Waals surface area (Å²) in [6, 6.07) is 12.6. The second-order valence-electron chi connectivity index (χ2n) is 6.15. The molecule has 1 aromatic carbocycles. The molecule has 110 valence electrons. The lowest BCUT2D eigenvalue weighted by Gasteiger charge is -2.23. The minimum Gasteiger partial charge on any atom is -0.399 e. The molecular weight excluding hydrogens is 270 g/mol. The van der Waals surface area contributed by atoms with Gasteiger partial charge >= 0.3 is 0 Å². The Balaban J connectivity index is 1.79. The quantitative estimate of drug-likeness (QED) is 0.857. The molecule has 3 nitrogen and oxygen atoms in total. The van der Waals surface area contributed by atoms with Crippen LogP contribution >= 0.6 is 0 Å². The van der Waals surface area contributed by atoms with Crippen molar-refractivity contribution in [3.8, 4) is 0 Å². The van der Waals surface area contributed by atoms with Crippen LogP contribution < -0.4 is 5.73 Å². The minimum atomic E-state index is 0.490. The number of pyridine rings is 1. The maximum absolute atomic E-state index is 5.79. The van der Waals surface area contributed by atoms with Gasteiger partial charge in [-0.05, 0) is 66.7 Å². The summed E-state index contributed by atoms with van der Waals surface area (Å²) in [4.78, 5) is 9.25. The lowest BCUT2D eigenvalue weighted by molar-refractivity contribution is 0.621. The van der Waals surface area contributed by atoms with Gasteiger partial charge in [0.15, 0.2) is 0 Å². The van der Waals surface area contributed by atoms with Crippen molar-refractivity contribution in [2.45, 2.75) is 25.3 Å². The van der Waals surface area contributed by atoms with E-state index < -0.39 is 0 Å². The first-order valence-corrected chi connectivity index (χ1v) is 7.85. The van der Waals surface area contributed by atoms with E-state index in [1.807, 2.05) is 30.6 Å². The van der Waals surface area contributed by atoms with Gasteiger partial charge in [-0.3, -0.25) is 9.98 Å². The summed E-state index contributed by atoms with van der Waals surface area (Å²) in [7, 11) is 0. The van der Waals surface area contributed by atoms with Crippen LogP contribution in [0.15, 0.2) is 59.4 Å². The number of rotatable bonds is 2. The molecule has 2 aromatic rings. The van der Waals surface area contributed by atoms with Crippen molar-refractivity contribution in [2.24, 2.45) is 10.9 Å². The summed E-state index contributed by atoms with van der Waals surface area (Å²) in [5.41, 5.74) is 11.4. The van der Waals surface area contributed by atoms with Crippen LogP contribution in [0.4, 0.5) is 5.69 Å². The van der Waals surface area contributed by atoms with Crippen molar-refractivity contribution in [1.29, 1.82) is 0 Å². The number of fused-ring (bicyclic) bond motifs is 2. The molecule has 1 aliphatic heterocycles. The molecule has 2 atom stereocenters. The lowest BCUT2D eigenvalue weighted by Crippen LogP contribution is -2.20. The van der Waals surface area contributed by atoms with Gasteiger partial charge in [0, 0.05) is 23.6 Å². The van der Waals surface area contributed by atoms with E-state index in [0.29, 0.717) is 12.0 Å². The van der Waals surface area contributed by atoms with E-state index in [0.717, 1.165) is 17.0 Å². The summed E-state index contributed by atoms with van der Waals surface area (Å²) in [5.74, 6) is 0.621. The average Bonchev–Trinajstić information content (AvgIpc) is 2.95. The van der Waals surface area contributed by atoms with Gasteiger partial charge in [-0.25, -0.2) is 0 Å². The van der Waals surface area contributed by atoms with Gasteiger partial charge in [0.2, 0.25) is 0 Å². The van der Waals surface area contributed by atoms with Gasteiger partial charge in [0.25, 0.3) is 0 Å². The second-order valence-corrected chi connectivity index (χ2v) is 6.15. The topological polar surface area (TPSA) is 51.3 Å². The summed E-state index contributed by atoms with van der Waals surface area (Å²) in [6.07, 6.45) is 9.62. The second kappa shape index (κ2) is 5.41. The highest BCUT2D eigenvalue weighted by atomic mass is 14.8.